The number of nitrogens with one attached hydrogen (secondary N) is 1. The van der Waals surface area contributed by atoms with E-state index in [0.29, 0.717) is 23.2 Å². The van der Waals surface area contributed by atoms with Crippen molar-refractivity contribution in [3.05, 3.63) is 77.9 Å². The quantitative estimate of drug-likeness (QED) is 0.458. The lowest BCUT2D eigenvalue weighted by atomic mass is 10.1. The zero-order valence-corrected chi connectivity index (χ0v) is 14.9. The summed E-state index contributed by atoms with van der Waals surface area (Å²) in [6.45, 7) is -0.273. The van der Waals surface area contributed by atoms with Crippen LogP contribution >= 0.6 is 0 Å². The van der Waals surface area contributed by atoms with Crippen LogP contribution in [0.2, 0.25) is 0 Å². The largest absolute Gasteiger partial charge is 0.457 e. The first-order chi connectivity index (χ1) is 13.1. The van der Waals surface area contributed by atoms with Crippen molar-refractivity contribution in [3.63, 3.8) is 0 Å². The zero-order valence-electron chi connectivity index (χ0n) is 14.9. The van der Waals surface area contributed by atoms with Crippen LogP contribution in [-0.4, -0.2) is 24.3 Å². The van der Waals surface area contributed by atoms with E-state index in [1.165, 1.54) is 0 Å². The summed E-state index contributed by atoms with van der Waals surface area (Å²) in [6.07, 6.45) is 6.34. The fourth-order valence-corrected chi connectivity index (χ4v) is 2.90. The van der Waals surface area contributed by atoms with E-state index < -0.39 is 0 Å². The Bertz CT molecular complexity index is 840. The maximum Gasteiger partial charge on any atom is 0.306 e. The number of allylic oxidation sites excluding steroid dienone is 2. The lowest BCUT2D eigenvalue weighted by molar-refractivity contribution is -0.143. The van der Waals surface area contributed by atoms with Gasteiger partial charge < -0.3 is 10.1 Å². The summed E-state index contributed by atoms with van der Waals surface area (Å²) < 4.78 is 5.08. The highest BCUT2D eigenvalue weighted by atomic mass is 16.5. The summed E-state index contributed by atoms with van der Waals surface area (Å²) in [5, 5.41) is 2.77. The predicted octanol–water partition coefficient (Wildman–Crippen LogP) is 4.02. The van der Waals surface area contributed by atoms with Crippen LogP contribution in [-0.2, 0) is 9.53 Å². The standard InChI is InChI=1S/C22H21NO4/c24-20(15-27-21(25)14-16-6-4-5-7-16)17-10-12-19(13-11-17)23-22(26)18-8-2-1-3-9-18/h1-4,6,8-13,16H,5,7,14-15H2,(H,23,26)/t16-/m0/s1. The number of anilines is 1. The van der Waals surface area contributed by atoms with Crippen LogP contribution in [0.15, 0.2) is 66.7 Å². The van der Waals surface area contributed by atoms with Gasteiger partial charge in [0.2, 0.25) is 0 Å². The van der Waals surface area contributed by atoms with Gasteiger partial charge in [-0.3, -0.25) is 14.4 Å². The van der Waals surface area contributed by atoms with Gasteiger partial charge in [0.15, 0.2) is 12.4 Å². The van der Waals surface area contributed by atoms with Crippen molar-refractivity contribution in [1.29, 1.82) is 0 Å². The Hall–Kier alpha value is -3.21. The Kier molecular flexibility index (Phi) is 6.15. The highest BCUT2D eigenvalue weighted by Gasteiger charge is 2.16. The number of rotatable bonds is 7. The first-order valence-electron chi connectivity index (χ1n) is 8.94. The average molecular weight is 363 g/mol. The summed E-state index contributed by atoms with van der Waals surface area (Å²) >= 11 is 0. The van der Waals surface area contributed by atoms with Gasteiger partial charge in [-0.15, -0.1) is 0 Å². The van der Waals surface area contributed by atoms with Gasteiger partial charge in [0.1, 0.15) is 0 Å². The molecule has 0 radical (unpaired) electrons. The monoisotopic (exact) mass is 363 g/mol. The van der Waals surface area contributed by atoms with Crippen molar-refractivity contribution in [2.75, 3.05) is 11.9 Å². The molecule has 0 saturated carbocycles. The second-order valence-corrected chi connectivity index (χ2v) is 6.45. The van der Waals surface area contributed by atoms with Crippen LogP contribution in [0.5, 0.6) is 0 Å². The topological polar surface area (TPSA) is 72.5 Å². The fraction of sp³-hybridized carbons (Fsp3) is 0.227. The van der Waals surface area contributed by atoms with Crippen LogP contribution < -0.4 is 5.32 Å². The van der Waals surface area contributed by atoms with Crippen molar-refractivity contribution in [2.24, 2.45) is 5.92 Å². The number of esters is 1. The number of benzene rings is 2. The van der Waals surface area contributed by atoms with E-state index in [9.17, 15) is 14.4 Å². The maximum atomic E-state index is 12.2. The third kappa shape index (κ3) is 5.38. The lowest BCUT2D eigenvalue weighted by Crippen LogP contribution is -2.16. The Morgan fingerprint density at radius 1 is 0.963 bits per heavy atom. The molecular formula is C22H21NO4. The van der Waals surface area contributed by atoms with Gasteiger partial charge in [-0.25, -0.2) is 0 Å². The number of hydrogen-bond acceptors (Lipinski definition) is 4. The molecule has 0 aliphatic heterocycles. The molecule has 0 bridgehead atoms. The molecule has 1 aliphatic rings. The normalized spacial score (nSPS) is 15.3. The number of Topliss-reactive ketones (excluding diaryl/α,β-unsaturated/α-hetero) is 1. The summed E-state index contributed by atoms with van der Waals surface area (Å²) in [6, 6.07) is 15.4. The van der Waals surface area contributed by atoms with E-state index >= 15 is 0 Å². The van der Waals surface area contributed by atoms with E-state index in [1.54, 1.807) is 48.5 Å². The van der Waals surface area contributed by atoms with E-state index in [0.717, 1.165) is 12.8 Å². The van der Waals surface area contributed by atoms with Gasteiger partial charge >= 0.3 is 5.97 Å². The van der Waals surface area contributed by atoms with Crippen LogP contribution in [0.1, 0.15) is 40.0 Å². The molecule has 5 nitrogen and oxygen atoms in total. The van der Waals surface area contributed by atoms with Crippen molar-refractivity contribution in [2.45, 2.75) is 19.3 Å². The van der Waals surface area contributed by atoms with Gasteiger partial charge in [-0.05, 0) is 55.2 Å². The second kappa shape index (κ2) is 8.94. The minimum Gasteiger partial charge on any atom is -0.457 e. The molecule has 0 unspecified atom stereocenters. The molecular weight excluding hydrogens is 342 g/mol. The van der Waals surface area contributed by atoms with Crippen molar-refractivity contribution in [1.82, 2.24) is 0 Å². The molecule has 1 N–H and O–H groups in total. The molecule has 2 aromatic rings. The van der Waals surface area contributed by atoms with Crippen molar-refractivity contribution >= 4 is 23.3 Å². The van der Waals surface area contributed by atoms with Crippen LogP contribution in [0.3, 0.4) is 0 Å². The van der Waals surface area contributed by atoms with Crippen LogP contribution in [0.4, 0.5) is 5.69 Å². The lowest BCUT2D eigenvalue weighted by Gasteiger charge is -2.08. The summed E-state index contributed by atoms with van der Waals surface area (Å²) in [7, 11) is 0. The van der Waals surface area contributed by atoms with Gasteiger partial charge in [0, 0.05) is 16.8 Å². The molecule has 3 rings (SSSR count). The molecule has 1 atom stereocenters. The van der Waals surface area contributed by atoms with Gasteiger partial charge in [0.05, 0.1) is 6.42 Å². The molecule has 0 heterocycles. The van der Waals surface area contributed by atoms with E-state index in [1.807, 2.05) is 12.1 Å². The predicted molar refractivity (Wildman–Crippen MR) is 103 cm³/mol. The molecule has 0 aromatic heterocycles. The molecule has 1 aliphatic carbocycles. The Morgan fingerprint density at radius 3 is 2.37 bits per heavy atom. The van der Waals surface area contributed by atoms with Crippen LogP contribution in [0.25, 0.3) is 0 Å². The first-order valence-corrected chi connectivity index (χ1v) is 8.94. The smallest absolute Gasteiger partial charge is 0.306 e. The summed E-state index contributed by atoms with van der Waals surface area (Å²) in [5.74, 6) is -0.623. The Morgan fingerprint density at radius 2 is 1.70 bits per heavy atom. The number of amides is 1. The minimum atomic E-state index is -0.355. The molecule has 1 amide bonds. The number of carbonyl (C=O) groups excluding carboxylic acids is 3. The summed E-state index contributed by atoms with van der Waals surface area (Å²) in [4.78, 5) is 36.1. The van der Waals surface area contributed by atoms with Gasteiger partial charge in [0.25, 0.3) is 5.91 Å². The average Bonchev–Trinajstić information content (AvgIpc) is 3.20. The molecule has 138 valence electrons. The summed E-state index contributed by atoms with van der Waals surface area (Å²) in [5.41, 5.74) is 1.58. The maximum absolute atomic E-state index is 12.2. The van der Waals surface area contributed by atoms with E-state index in [-0.39, 0.29) is 30.2 Å². The number of carbonyl (C=O) groups is 3. The first kappa shape index (κ1) is 18.6. The van der Waals surface area contributed by atoms with Crippen molar-refractivity contribution < 1.29 is 19.1 Å². The third-order valence-corrected chi connectivity index (χ3v) is 4.41. The highest BCUT2D eigenvalue weighted by Crippen LogP contribution is 2.20. The number of ether oxygens (including phenoxy) is 1. The molecule has 5 heteroatoms. The SMILES string of the molecule is O=C(C[C@H]1C=CCC1)OCC(=O)c1ccc(NC(=O)c2ccccc2)cc1. The number of ketones is 1. The van der Waals surface area contributed by atoms with Gasteiger partial charge in [-0.2, -0.15) is 0 Å². The van der Waals surface area contributed by atoms with Crippen LogP contribution in [0, 0.1) is 5.92 Å². The fourth-order valence-electron chi connectivity index (χ4n) is 2.90. The zero-order chi connectivity index (χ0) is 19.1. The third-order valence-electron chi connectivity index (χ3n) is 4.41. The molecule has 0 fully saturated rings. The van der Waals surface area contributed by atoms with Crippen molar-refractivity contribution in [3.8, 4) is 0 Å². The second-order valence-electron chi connectivity index (χ2n) is 6.45. The number of hydrogen-bond donors (Lipinski definition) is 1. The van der Waals surface area contributed by atoms with E-state index in [4.69, 9.17) is 4.74 Å². The molecule has 0 spiro atoms. The minimum absolute atomic E-state index is 0.218. The highest BCUT2D eigenvalue weighted by molar-refractivity contribution is 6.04. The molecule has 27 heavy (non-hydrogen) atoms. The Balaban J connectivity index is 1.49. The molecule has 0 saturated heterocycles. The Labute approximate surface area is 158 Å². The molecule has 2 aromatic carbocycles. The van der Waals surface area contributed by atoms with E-state index in [2.05, 4.69) is 11.4 Å². The van der Waals surface area contributed by atoms with Gasteiger partial charge in [-0.1, -0.05) is 30.4 Å².